The van der Waals surface area contributed by atoms with E-state index in [1.807, 2.05) is 170 Å². The summed E-state index contributed by atoms with van der Waals surface area (Å²) >= 11 is 13.6. The van der Waals surface area contributed by atoms with E-state index in [1.54, 1.807) is 67.9 Å². The van der Waals surface area contributed by atoms with Gasteiger partial charge in [0, 0.05) is 18.6 Å². The van der Waals surface area contributed by atoms with Crippen molar-refractivity contribution in [1.29, 1.82) is 0 Å². The van der Waals surface area contributed by atoms with E-state index in [0.717, 1.165) is 73.2 Å². The van der Waals surface area contributed by atoms with Crippen molar-refractivity contribution in [3.63, 3.8) is 0 Å². The molecule has 9 aromatic rings. The molecule has 2 unspecified atom stereocenters. The molecule has 5 fully saturated rings. The predicted molar refractivity (Wildman–Crippen MR) is 493 cm³/mol. The minimum Gasteiger partial charge on any atom is -0.497 e. The Morgan fingerprint density at radius 3 is 1.16 bits per heavy atom. The molecule has 32 nitrogen and oxygen atoms in total. The molecule has 0 bridgehead atoms. The lowest BCUT2D eigenvalue weighted by atomic mass is 9.77. The number of aromatic nitrogens is 6. The van der Waals surface area contributed by atoms with Gasteiger partial charge in [0.2, 0.25) is 0 Å². The second-order valence-electron chi connectivity index (χ2n) is 30.3. The lowest BCUT2D eigenvalue weighted by molar-refractivity contribution is -0.148. The average Bonchev–Trinajstić information content (AvgIpc) is 1.15. The number of fused-ring (bicyclic) bond motifs is 2. The van der Waals surface area contributed by atoms with Crippen molar-refractivity contribution in [2.24, 2.45) is 17.8 Å². The number of benzene rings is 6. The summed E-state index contributed by atoms with van der Waals surface area (Å²) in [4.78, 5) is 85.6. The molecule has 0 spiro atoms. The SMILES string of the molecule is CCOC(=O)[C@H](C)CCOP(=O)(Cl)Cl.CCOC(=O)[C@H](C)CCOP1(=O)OC[C@H]2S[C@@H](n3ccc(N)nc3=O)[C@@H](F)[C@@H]2O1.CCOC(=O)[C@H](C)CCOP1(=O)OC[C@H]2S[C@@H](n3ccc(NC(c4ccccc4)(c4ccccc4)c4ccc(OC)cc4)nc3=O)[C@@H](F)[C@@H]2O1.COc1ccc(C(Nc2ccn([C@@H]3S[C@H](CO)[C@@H](O)[C@@H]3F)c(=O)n2)(c2ccccc2)c2ccccc2)cc1. The van der Waals surface area contributed by atoms with Crippen LogP contribution in [-0.4, -0.2) is 183 Å². The molecule has 14 rings (SSSR count). The van der Waals surface area contributed by atoms with Crippen molar-refractivity contribution in [2.75, 3.05) is 90.0 Å². The van der Waals surface area contributed by atoms with Gasteiger partial charge in [-0.05, 0) is 138 Å². The van der Waals surface area contributed by atoms with Crippen LogP contribution in [0.1, 0.15) is 110 Å². The van der Waals surface area contributed by atoms with Crippen LogP contribution in [0.4, 0.5) is 30.6 Å². The topological polar surface area (TPSA) is 408 Å². The number of carbonyl (C=O) groups is 3. The van der Waals surface area contributed by atoms with Crippen molar-refractivity contribution < 1.29 is 107 Å². The van der Waals surface area contributed by atoms with E-state index in [1.165, 1.54) is 33.8 Å². The van der Waals surface area contributed by atoms with E-state index >= 15 is 8.78 Å². The summed E-state index contributed by atoms with van der Waals surface area (Å²) in [6, 6.07) is 59.4. The van der Waals surface area contributed by atoms with Gasteiger partial charge in [-0.15, -0.1) is 35.3 Å². The Morgan fingerprint density at radius 2 is 0.847 bits per heavy atom. The maximum Gasteiger partial charge on any atom is 0.475 e. The fourth-order valence-electron chi connectivity index (χ4n) is 14.7. The molecule has 5 saturated heterocycles. The van der Waals surface area contributed by atoms with Gasteiger partial charge in [0.15, 0.2) is 18.5 Å². The Kier molecular flexibility index (Phi) is 37.1. The van der Waals surface area contributed by atoms with Crippen molar-refractivity contribution in [3.8, 4) is 11.5 Å². The number of aliphatic hydroxyl groups excluding tert-OH is 2. The molecule has 3 aromatic heterocycles. The summed E-state index contributed by atoms with van der Waals surface area (Å²) in [6.45, 7) is 10.3. The lowest BCUT2D eigenvalue weighted by Gasteiger charge is -2.37. The smallest absolute Gasteiger partial charge is 0.475 e. The van der Waals surface area contributed by atoms with Crippen LogP contribution in [0.2, 0.25) is 0 Å². The molecular formula is C88H103Cl2F3N9O23P3S3. The van der Waals surface area contributed by atoms with Crippen molar-refractivity contribution in [3.05, 3.63) is 271 Å². The number of rotatable bonds is 34. The van der Waals surface area contributed by atoms with Gasteiger partial charge in [-0.2, -0.15) is 15.0 Å². The lowest BCUT2D eigenvalue weighted by Crippen LogP contribution is -2.40. The number of phosphoric ester groups is 2. The van der Waals surface area contributed by atoms with Gasteiger partial charge >= 0.3 is 56.7 Å². The van der Waals surface area contributed by atoms with Gasteiger partial charge in [-0.25, -0.2) is 36.7 Å². The van der Waals surface area contributed by atoms with Crippen molar-refractivity contribution >= 4 is 115 Å². The van der Waals surface area contributed by atoms with E-state index in [9.17, 15) is 57.1 Å². The number of nitrogens with one attached hydrogen (secondary N) is 2. The molecule has 17 atom stereocenters. The molecule has 6 aromatic carbocycles. The standard InChI is InChI=1S/C36H39FN3O8PS.C29H28FN3O4S.C16H23FN3O7PS.C7H13Cl2O4P/c1-4-45-34(41)24(2)20-22-46-49(43)47-23-29-32(48-49)31(37)33(50-29)40-21-19-30(38-35(40)42)39-36(25-11-7-5-8-12-25,26-13-9-6-10-14-26)27-15-17-28(44-3)18-16-27;1-37-22-14-12-21(13-15-22)29(19-8-4-2-5-9-19,20-10-6-3-7-11-20)32-24-16-17-33(28(36)31-24)27-25(30)26(35)23(18-34)38-27;1-3-24-15(21)9(2)5-7-25-28(23)26-8-10-13(27-28)12(17)14(29-10)20-6-4-11(18)19-16(20)22;1-3-12-7(10)6(2)4-5-13-14(8,9)11/h5-19,21,24,29,31-33H,4,20,22-23H2,1-3H3,(H,38,39,42);2-17,23,25-27,34-35H,18H2,1H3,(H,31,32,36);4,6,9-10,12-14H,3,5,7-8H2,1-2H3,(H2,18,19,22);6H,3-5H2,1-2H3/t24-,29-,31+,32-,33-,49?;23-,25+,26-,27-;9-,10-,12+,13-,14-,28?;6-/m1111/s1. The van der Waals surface area contributed by atoms with Crippen LogP contribution < -0.4 is 42.9 Å². The van der Waals surface area contributed by atoms with Crippen LogP contribution in [0, 0.1) is 17.8 Å². The quantitative estimate of drug-likeness (QED) is 0.0108. The van der Waals surface area contributed by atoms with Gasteiger partial charge in [-0.3, -0.25) is 59.8 Å². The number of nitrogens with two attached hydrogens (primary N) is 1. The number of methoxy groups -OCH3 is 2. The third kappa shape index (κ3) is 25.8. The van der Waals surface area contributed by atoms with Gasteiger partial charge in [0.25, 0.3) is 0 Å². The monoisotopic (exact) mass is 1970 g/mol. The van der Waals surface area contributed by atoms with E-state index in [4.69, 9.17) is 79.0 Å². The highest BCUT2D eigenvalue weighted by atomic mass is 35.9. The number of hydrogen-bond donors (Lipinski definition) is 5. The van der Waals surface area contributed by atoms with Gasteiger partial charge in [0.05, 0.1) is 107 Å². The predicted octanol–water partition coefficient (Wildman–Crippen LogP) is 15.8. The Labute approximate surface area is 776 Å². The van der Waals surface area contributed by atoms with Crippen LogP contribution >= 0.6 is 79.5 Å². The summed E-state index contributed by atoms with van der Waals surface area (Å²) in [5.74, 6) is -0.327. The van der Waals surface area contributed by atoms with Gasteiger partial charge in [0.1, 0.15) is 74.5 Å². The number of anilines is 3. The summed E-state index contributed by atoms with van der Waals surface area (Å²) < 4.78 is 148. The Hall–Kier alpha value is -8.88. The number of ether oxygens (including phenoxy) is 5. The summed E-state index contributed by atoms with van der Waals surface area (Å²) in [5, 5.41) is 22.0. The molecular weight excluding hydrogens is 1870 g/mol. The number of phosphoric acid groups is 2. The normalized spacial score (nSPS) is 23.9. The number of halogens is 5. The zero-order valence-electron chi connectivity index (χ0n) is 72.5. The molecule has 0 aliphatic carbocycles. The summed E-state index contributed by atoms with van der Waals surface area (Å²) in [6.07, 6.45) is -6.93. The first-order valence-electron chi connectivity index (χ1n) is 41.8. The Bertz CT molecular complexity index is 5520. The van der Waals surface area contributed by atoms with Crippen LogP contribution in [0.5, 0.6) is 11.5 Å². The number of nitrogens with zero attached hydrogens (tertiary/aromatic N) is 6. The molecule has 131 heavy (non-hydrogen) atoms. The number of alkyl halides is 3. The minimum atomic E-state index is -4.10. The summed E-state index contributed by atoms with van der Waals surface area (Å²) in [5.41, 5.74) is 6.97. The highest BCUT2D eigenvalue weighted by molar-refractivity contribution is 8.05. The average molecular weight is 1970 g/mol. The molecule has 5 aliphatic heterocycles. The second-order valence-corrected chi connectivity index (χ2v) is 41.9. The highest BCUT2D eigenvalue weighted by Gasteiger charge is 2.56. The van der Waals surface area contributed by atoms with Crippen molar-refractivity contribution in [2.45, 2.75) is 141 Å². The Balaban J connectivity index is 0.000000182. The molecule has 43 heteroatoms. The zero-order valence-corrected chi connectivity index (χ0v) is 79.1. The fourth-order valence-corrected chi connectivity index (χ4v) is 22.9. The molecule has 0 radical (unpaired) electrons. The number of carbonyl (C=O) groups excluding carboxylic acids is 3. The maximum atomic E-state index is 16.0. The van der Waals surface area contributed by atoms with Gasteiger partial charge < -0.3 is 54.8 Å². The molecule has 6 N–H and O–H groups in total. The van der Waals surface area contributed by atoms with Crippen LogP contribution in [0.15, 0.2) is 221 Å². The number of hydrogen-bond acceptors (Lipinski definition) is 32. The number of nitrogen functional groups attached to an aromatic ring is 1. The van der Waals surface area contributed by atoms with Crippen LogP contribution in [0.3, 0.4) is 0 Å². The minimum absolute atomic E-state index is 0.0385. The first kappa shape index (κ1) is 103. The third-order valence-corrected chi connectivity index (χ3v) is 30.2. The fraction of sp³-hybridized carbons (Fsp3) is 0.420. The first-order valence-corrected chi connectivity index (χ1v) is 51.0. The van der Waals surface area contributed by atoms with E-state index < -0.39 is 136 Å². The Morgan fingerprint density at radius 1 is 0.519 bits per heavy atom. The molecule has 706 valence electrons. The maximum absolute atomic E-state index is 16.0. The number of thioether (sulfide) groups is 3. The third-order valence-electron chi connectivity index (χ3n) is 21.6. The van der Waals surface area contributed by atoms with Gasteiger partial charge in [-0.1, -0.05) is 166 Å². The van der Waals surface area contributed by atoms with E-state index in [-0.39, 0.29) is 95.2 Å². The van der Waals surface area contributed by atoms with Crippen molar-refractivity contribution in [1.82, 2.24) is 28.7 Å². The largest absolute Gasteiger partial charge is 0.497 e. The van der Waals surface area contributed by atoms with Crippen LogP contribution in [0.25, 0.3) is 0 Å². The molecule has 5 aliphatic rings. The molecule has 0 amide bonds. The summed E-state index contributed by atoms with van der Waals surface area (Å²) in [7, 11) is -4.87. The number of esters is 3. The highest BCUT2D eigenvalue weighted by Crippen LogP contribution is 2.62. The van der Waals surface area contributed by atoms with E-state index in [2.05, 4.69) is 30.1 Å². The van der Waals surface area contributed by atoms with Crippen LogP contribution in [-0.2, 0) is 85.0 Å². The zero-order chi connectivity index (χ0) is 94.4. The van der Waals surface area contributed by atoms with E-state index in [0.29, 0.717) is 30.3 Å². The molecule has 0 saturated carbocycles. The molecule has 8 heterocycles. The number of aliphatic hydroxyl groups is 2. The first-order chi connectivity index (χ1) is 62.7. The second kappa shape index (κ2) is 47.3.